The number of rotatable bonds is 4. The molecule has 1 aliphatic heterocycles. The van der Waals surface area contributed by atoms with Gasteiger partial charge in [0.1, 0.15) is 5.76 Å². The lowest BCUT2D eigenvalue weighted by atomic mass is 10.2. The maximum atomic E-state index is 11.9. The van der Waals surface area contributed by atoms with Gasteiger partial charge in [-0.3, -0.25) is 0 Å². The van der Waals surface area contributed by atoms with E-state index in [1.165, 1.54) is 20.0 Å². The van der Waals surface area contributed by atoms with Crippen molar-refractivity contribution in [3.63, 3.8) is 0 Å². The summed E-state index contributed by atoms with van der Waals surface area (Å²) in [5, 5.41) is 2.89. The number of esters is 2. The fourth-order valence-corrected chi connectivity index (χ4v) is 2.52. The molecule has 136 valence electrons. The summed E-state index contributed by atoms with van der Waals surface area (Å²) in [6.45, 7) is 6.92. The lowest BCUT2D eigenvalue weighted by molar-refractivity contribution is -0.222. The molecular formula is C19H20N2O5. The Labute approximate surface area is 151 Å². The number of cyclic esters (lactones) is 2. The van der Waals surface area contributed by atoms with Crippen LogP contribution in [0.15, 0.2) is 40.5 Å². The number of benzene rings is 1. The Balaban J connectivity index is 1.73. The zero-order chi connectivity index (χ0) is 18.9. The maximum Gasteiger partial charge on any atom is 0.350 e. The fraction of sp³-hybridized carbons (Fsp3) is 0.316. The number of anilines is 1. The van der Waals surface area contributed by atoms with Crippen LogP contribution in [0.3, 0.4) is 0 Å². The lowest BCUT2D eigenvalue weighted by Gasteiger charge is -2.29. The van der Waals surface area contributed by atoms with E-state index in [1.807, 2.05) is 26.0 Å². The van der Waals surface area contributed by atoms with E-state index in [0.29, 0.717) is 11.6 Å². The minimum absolute atomic E-state index is 0.190. The minimum atomic E-state index is -1.25. The number of aromatic nitrogens is 1. The van der Waals surface area contributed by atoms with Gasteiger partial charge < -0.3 is 19.2 Å². The van der Waals surface area contributed by atoms with Crippen molar-refractivity contribution in [2.75, 3.05) is 5.32 Å². The molecule has 0 atom stereocenters. The highest BCUT2D eigenvalue weighted by Crippen LogP contribution is 2.25. The summed E-state index contributed by atoms with van der Waals surface area (Å²) < 4.78 is 15.7. The first-order valence-corrected chi connectivity index (χ1v) is 8.29. The van der Waals surface area contributed by atoms with Gasteiger partial charge >= 0.3 is 11.9 Å². The Morgan fingerprint density at radius 1 is 1.12 bits per heavy atom. The molecule has 26 heavy (non-hydrogen) atoms. The molecule has 7 heteroatoms. The van der Waals surface area contributed by atoms with Crippen molar-refractivity contribution < 1.29 is 23.5 Å². The van der Waals surface area contributed by atoms with Crippen LogP contribution in [0.1, 0.15) is 32.2 Å². The molecule has 1 N–H and O–H groups in total. The molecule has 0 spiro atoms. The molecule has 2 heterocycles. The molecule has 1 aromatic heterocycles. The average molecular weight is 356 g/mol. The second kappa shape index (κ2) is 6.67. The van der Waals surface area contributed by atoms with Crippen molar-refractivity contribution >= 4 is 17.6 Å². The summed E-state index contributed by atoms with van der Waals surface area (Å²) in [4.78, 5) is 28.2. The van der Waals surface area contributed by atoms with Crippen LogP contribution in [0.2, 0.25) is 0 Å². The van der Waals surface area contributed by atoms with Gasteiger partial charge in [0.25, 0.3) is 5.79 Å². The Bertz CT molecular complexity index is 856. The van der Waals surface area contributed by atoms with Crippen molar-refractivity contribution in [3.05, 3.63) is 47.5 Å². The second-order valence-corrected chi connectivity index (χ2v) is 6.33. The molecule has 1 saturated heterocycles. The number of carbonyl (C=O) groups excluding carboxylic acids is 2. The van der Waals surface area contributed by atoms with E-state index in [2.05, 4.69) is 10.3 Å². The Morgan fingerprint density at radius 3 is 2.27 bits per heavy atom. The summed E-state index contributed by atoms with van der Waals surface area (Å²) in [5.74, 6) is -1.33. The van der Waals surface area contributed by atoms with Gasteiger partial charge in [0, 0.05) is 31.3 Å². The molecule has 7 nitrogen and oxygen atoms in total. The highest BCUT2D eigenvalue weighted by molar-refractivity contribution is 6.15. The first-order chi connectivity index (χ1) is 12.3. The molecule has 3 rings (SSSR count). The molecule has 1 aliphatic rings. The highest BCUT2D eigenvalue weighted by Gasteiger charge is 2.38. The monoisotopic (exact) mass is 356 g/mol. The number of ether oxygens (including phenoxy) is 2. The number of nitrogens with zero attached hydrogens (tertiary/aromatic N) is 1. The van der Waals surface area contributed by atoms with Crippen molar-refractivity contribution in [2.45, 2.75) is 39.9 Å². The van der Waals surface area contributed by atoms with Crippen LogP contribution in [-0.2, 0) is 25.5 Å². The van der Waals surface area contributed by atoms with E-state index in [4.69, 9.17) is 13.9 Å². The summed E-state index contributed by atoms with van der Waals surface area (Å²) in [6, 6.07) is 7.26. The van der Waals surface area contributed by atoms with Crippen LogP contribution in [0, 0.1) is 6.92 Å². The highest BCUT2D eigenvalue weighted by atomic mass is 16.7. The predicted molar refractivity (Wildman–Crippen MR) is 94.0 cm³/mol. The number of oxazole rings is 1. The predicted octanol–water partition coefficient (Wildman–Crippen LogP) is 3.34. The van der Waals surface area contributed by atoms with Gasteiger partial charge in [0.05, 0.1) is 5.69 Å². The number of carbonyl (C=O) groups is 2. The van der Waals surface area contributed by atoms with E-state index >= 15 is 0 Å². The molecule has 0 aliphatic carbocycles. The van der Waals surface area contributed by atoms with E-state index in [9.17, 15) is 9.59 Å². The fourth-order valence-electron chi connectivity index (χ4n) is 2.52. The third kappa shape index (κ3) is 3.61. The van der Waals surface area contributed by atoms with Crippen LogP contribution in [0.4, 0.5) is 5.69 Å². The smallest absolute Gasteiger partial charge is 0.350 e. The van der Waals surface area contributed by atoms with Crippen LogP contribution >= 0.6 is 0 Å². The third-order valence-corrected chi connectivity index (χ3v) is 3.86. The van der Waals surface area contributed by atoms with Crippen LogP contribution in [0.5, 0.6) is 0 Å². The molecule has 1 aromatic carbocycles. The molecular weight excluding hydrogens is 336 g/mol. The summed E-state index contributed by atoms with van der Waals surface area (Å²) in [6.07, 6.45) is 2.09. The van der Waals surface area contributed by atoms with Crippen molar-refractivity contribution in [2.24, 2.45) is 0 Å². The van der Waals surface area contributed by atoms with Gasteiger partial charge in [-0.05, 0) is 37.6 Å². The van der Waals surface area contributed by atoms with Crippen molar-refractivity contribution in [1.29, 1.82) is 0 Å². The first-order valence-electron chi connectivity index (χ1n) is 8.29. The van der Waals surface area contributed by atoms with Gasteiger partial charge in [-0.2, -0.15) is 0 Å². The summed E-state index contributed by atoms with van der Waals surface area (Å²) in [5.41, 5.74) is 2.27. The standard InChI is InChI=1S/C19H20N2O5/c1-5-15-11(2)24-16(21-15)12-6-8-13(9-7-12)20-10-14-17(22)25-19(3,4)26-18(14)23/h6-10,20H,5H2,1-4H3. The Kier molecular flexibility index (Phi) is 4.54. The van der Waals surface area contributed by atoms with Gasteiger partial charge in [-0.1, -0.05) is 6.92 Å². The maximum absolute atomic E-state index is 11.9. The normalized spacial score (nSPS) is 16.1. The van der Waals surface area contributed by atoms with Crippen molar-refractivity contribution in [3.8, 4) is 11.5 Å². The average Bonchev–Trinajstić information content (AvgIpc) is 2.94. The van der Waals surface area contributed by atoms with Gasteiger partial charge in [0.2, 0.25) is 5.89 Å². The Morgan fingerprint density at radius 2 is 1.73 bits per heavy atom. The molecule has 0 bridgehead atoms. The molecule has 2 aromatic rings. The van der Waals surface area contributed by atoms with E-state index < -0.39 is 17.7 Å². The van der Waals surface area contributed by atoms with Gasteiger partial charge in [-0.15, -0.1) is 0 Å². The SMILES string of the molecule is CCc1nc(-c2ccc(NC=C3C(=O)OC(C)(C)OC3=O)cc2)oc1C. The molecule has 0 amide bonds. The van der Waals surface area contributed by atoms with Crippen LogP contribution in [0.25, 0.3) is 11.5 Å². The summed E-state index contributed by atoms with van der Waals surface area (Å²) in [7, 11) is 0. The number of hydrogen-bond donors (Lipinski definition) is 1. The quantitative estimate of drug-likeness (QED) is 0.510. The number of hydrogen-bond acceptors (Lipinski definition) is 7. The van der Waals surface area contributed by atoms with E-state index in [1.54, 1.807) is 12.1 Å². The van der Waals surface area contributed by atoms with E-state index in [0.717, 1.165) is 23.4 Å². The van der Waals surface area contributed by atoms with Gasteiger partial charge in [-0.25, -0.2) is 14.6 Å². The number of aryl methyl sites for hydroxylation is 2. The minimum Gasteiger partial charge on any atom is -0.441 e. The van der Waals surface area contributed by atoms with Crippen LogP contribution < -0.4 is 5.32 Å². The largest absolute Gasteiger partial charge is 0.441 e. The zero-order valence-corrected chi connectivity index (χ0v) is 15.1. The number of nitrogens with one attached hydrogen (secondary N) is 1. The molecule has 0 saturated carbocycles. The van der Waals surface area contributed by atoms with E-state index in [-0.39, 0.29) is 5.57 Å². The van der Waals surface area contributed by atoms with Crippen LogP contribution in [-0.4, -0.2) is 22.7 Å². The molecule has 0 radical (unpaired) electrons. The lowest BCUT2D eigenvalue weighted by Crippen LogP contribution is -2.42. The zero-order valence-electron chi connectivity index (χ0n) is 15.1. The molecule has 1 fully saturated rings. The van der Waals surface area contributed by atoms with Gasteiger partial charge in [0.15, 0.2) is 5.57 Å². The topological polar surface area (TPSA) is 90.7 Å². The molecule has 0 unspecified atom stereocenters. The Hall–Kier alpha value is -3.09. The van der Waals surface area contributed by atoms with Crippen molar-refractivity contribution in [1.82, 2.24) is 4.98 Å². The first kappa shape index (κ1) is 17.7. The third-order valence-electron chi connectivity index (χ3n) is 3.86. The second-order valence-electron chi connectivity index (χ2n) is 6.33. The summed E-state index contributed by atoms with van der Waals surface area (Å²) >= 11 is 0.